The van der Waals surface area contributed by atoms with Crippen LogP contribution in [0.1, 0.15) is 25.5 Å². The van der Waals surface area contributed by atoms with E-state index in [0.717, 1.165) is 17.8 Å². The fraction of sp³-hybridized carbons (Fsp3) is 0.278. The Morgan fingerprint density at radius 1 is 1.05 bits per heavy atom. The third-order valence-electron chi connectivity index (χ3n) is 3.51. The lowest BCUT2D eigenvalue weighted by Crippen LogP contribution is -2.38. The molecule has 3 heteroatoms. The van der Waals surface area contributed by atoms with Crippen LogP contribution in [0.15, 0.2) is 60.7 Å². The van der Waals surface area contributed by atoms with Gasteiger partial charge in [-0.3, -0.25) is 4.79 Å². The average Bonchev–Trinajstić information content (AvgIpc) is 2.54. The average molecular weight is 282 g/mol. The van der Waals surface area contributed by atoms with E-state index in [-0.39, 0.29) is 11.9 Å². The minimum Gasteiger partial charge on any atom is -0.363 e. The van der Waals surface area contributed by atoms with E-state index < -0.39 is 0 Å². The Balaban J connectivity index is 1.94. The monoisotopic (exact) mass is 282 g/mol. The molecule has 1 atom stereocenters. The maximum Gasteiger partial charge on any atom is 0.239 e. The fourth-order valence-corrected chi connectivity index (χ4v) is 2.31. The van der Waals surface area contributed by atoms with Crippen LogP contribution in [0.4, 0.5) is 5.69 Å². The summed E-state index contributed by atoms with van der Waals surface area (Å²) in [5, 5.41) is 3.05. The number of amides is 1. The quantitative estimate of drug-likeness (QED) is 0.881. The molecule has 0 aliphatic heterocycles. The molecule has 110 valence electrons. The molecule has 0 bridgehead atoms. The lowest BCUT2D eigenvalue weighted by molar-refractivity contribution is -0.120. The Hall–Kier alpha value is -2.29. The van der Waals surface area contributed by atoms with E-state index in [2.05, 4.69) is 17.1 Å². The number of hydrogen-bond donors (Lipinski definition) is 1. The van der Waals surface area contributed by atoms with Gasteiger partial charge in [0, 0.05) is 12.2 Å². The third kappa shape index (κ3) is 4.35. The summed E-state index contributed by atoms with van der Waals surface area (Å²) >= 11 is 0. The van der Waals surface area contributed by atoms with Gasteiger partial charge in [-0.25, -0.2) is 0 Å². The zero-order valence-corrected chi connectivity index (χ0v) is 12.6. The summed E-state index contributed by atoms with van der Waals surface area (Å²) in [6.07, 6.45) is 0. The molecule has 0 heterocycles. The summed E-state index contributed by atoms with van der Waals surface area (Å²) in [6.45, 7) is 5.24. The molecule has 21 heavy (non-hydrogen) atoms. The number of rotatable bonds is 6. The van der Waals surface area contributed by atoms with Gasteiger partial charge in [0.25, 0.3) is 0 Å². The minimum atomic E-state index is 0.0215. The van der Waals surface area contributed by atoms with E-state index >= 15 is 0 Å². The number of nitrogens with one attached hydrogen (secondary N) is 1. The van der Waals surface area contributed by atoms with Gasteiger partial charge < -0.3 is 10.2 Å². The van der Waals surface area contributed by atoms with E-state index in [1.807, 2.05) is 67.6 Å². The number of anilines is 1. The molecule has 1 amide bonds. The number of nitrogens with zero attached hydrogens (tertiary/aromatic N) is 1. The number of likely N-dealkylation sites (N-methyl/N-ethyl adjacent to an activating group) is 1. The standard InChI is InChI=1S/C18H22N2O/c1-3-20(17-12-8-5-9-13-17)14-18(21)19-15(2)16-10-6-4-7-11-16/h4-13,15H,3,14H2,1-2H3,(H,19,21). The van der Waals surface area contributed by atoms with Crippen LogP contribution < -0.4 is 10.2 Å². The topological polar surface area (TPSA) is 32.3 Å². The van der Waals surface area contributed by atoms with Crippen LogP contribution in [0, 0.1) is 0 Å². The van der Waals surface area contributed by atoms with Crippen molar-refractivity contribution in [2.45, 2.75) is 19.9 Å². The molecule has 0 radical (unpaired) electrons. The molecule has 3 nitrogen and oxygen atoms in total. The van der Waals surface area contributed by atoms with Crippen molar-refractivity contribution in [3.8, 4) is 0 Å². The highest BCUT2D eigenvalue weighted by Crippen LogP contribution is 2.14. The predicted octanol–water partition coefficient (Wildman–Crippen LogP) is 3.39. The molecule has 0 spiro atoms. The van der Waals surface area contributed by atoms with Crippen molar-refractivity contribution in [2.75, 3.05) is 18.0 Å². The van der Waals surface area contributed by atoms with Crippen molar-refractivity contribution in [2.24, 2.45) is 0 Å². The van der Waals surface area contributed by atoms with E-state index in [4.69, 9.17) is 0 Å². The van der Waals surface area contributed by atoms with Crippen molar-refractivity contribution in [1.29, 1.82) is 0 Å². The number of carbonyl (C=O) groups excluding carboxylic acids is 1. The van der Waals surface area contributed by atoms with Crippen molar-refractivity contribution in [3.63, 3.8) is 0 Å². The number of hydrogen-bond acceptors (Lipinski definition) is 2. The van der Waals surface area contributed by atoms with E-state index in [0.29, 0.717) is 6.54 Å². The van der Waals surface area contributed by atoms with E-state index in [1.54, 1.807) is 0 Å². The number of para-hydroxylation sites is 1. The largest absolute Gasteiger partial charge is 0.363 e. The zero-order chi connectivity index (χ0) is 15.1. The molecule has 0 saturated heterocycles. The molecule has 2 rings (SSSR count). The SMILES string of the molecule is CCN(CC(=O)NC(C)c1ccccc1)c1ccccc1. The van der Waals surface area contributed by atoms with Gasteiger partial charge in [0.15, 0.2) is 0 Å². The van der Waals surface area contributed by atoms with Crippen molar-refractivity contribution >= 4 is 11.6 Å². The summed E-state index contributed by atoms with van der Waals surface area (Å²) in [5.41, 5.74) is 2.19. The van der Waals surface area contributed by atoms with Crippen LogP contribution in [-0.2, 0) is 4.79 Å². The smallest absolute Gasteiger partial charge is 0.239 e. The maximum atomic E-state index is 12.2. The first-order valence-electron chi connectivity index (χ1n) is 7.35. The first-order valence-corrected chi connectivity index (χ1v) is 7.35. The molecule has 0 aromatic heterocycles. The Morgan fingerprint density at radius 3 is 2.19 bits per heavy atom. The Bertz CT molecular complexity index is 554. The van der Waals surface area contributed by atoms with Crippen molar-refractivity contribution < 1.29 is 4.79 Å². The summed E-state index contributed by atoms with van der Waals surface area (Å²) in [7, 11) is 0. The van der Waals surface area contributed by atoms with Crippen LogP contribution in [0.25, 0.3) is 0 Å². The molecule has 0 saturated carbocycles. The van der Waals surface area contributed by atoms with Gasteiger partial charge in [0.1, 0.15) is 0 Å². The van der Waals surface area contributed by atoms with E-state index in [1.165, 1.54) is 0 Å². The Kier molecular flexibility index (Phi) is 5.38. The van der Waals surface area contributed by atoms with Gasteiger partial charge in [0.05, 0.1) is 12.6 Å². The molecule has 0 fully saturated rings. The lowest BCUT2D eigenvalue weighted by Gasteiger charge is -2.23. The predicted molar refractivity (Wildman–Crippen MR) is 87.3 cm³/mol. The highest BCUT2D eigenvalue weighted by molar-refractivity contribution is 5.81. The summed E-state index contributed by atoms with van der Waals surface area (Å²) in [4.78, 5) is 14.3. The second kappa shape index (κ2) is 7.48. The van der Waals surface area contributed by atoms with Crippen LogP contribution in [0.2, 0.25) is 0 Å². The molecular formula is C18H22N2O. The molecule has 2 aromatic carbocycles. The summed E-state index contributed by atoms with van der Waals surface area (Å²) < 4.78 is 0. The first kappa shape index (κ1) is 15.1. The van der Waals surface area contributed by atoms with Gasteiger partial charge in [0.2, 0.25) is 5.91 Å². The highest BCUT2D eigenvalue weighted by atomic mass is 16.2. The summed E-state index contributed by atoms with van der Waals surface area (Å²) in [6, 6.07) is 20.0. The van der Waals surface area contributed by atoms with Crippen molar-refractivity contribution in [3.05, 3.63) is 66.2 Å². The lowest BCUT2D eigenvalue weighted by atomic mass is 10.1. The molecule has 1 unspecified atom stereocenters. The van der Waals surface area contributed by atoms with Crippen LogP contribution >= 0.6 is 0 Å². The molecular weight excluding hydrogens is 260 g/mol. The molecule has 0 aliphatic carbocycles. The second-order valence-electron chi connectivity index (χ2n) is 5.05. The Labute approximate surface area is 126 Å². The zero-order valence-electron chi connectivity index (χ0n) is 12.6. The highest BCUT2D eigenvalue weighted by Gasteiger charge is 2.13. The number of carbonyl (C=O) groups is 1. The van der Waals surface area contributed by atoms with Crippen LogP contribution in [-0.4, -0.2) is 19.0 Å². The van der Waals surface area contributed by atoms with E-state index in [9.17, 15) is 4.79 Å². The second-order valence-corrected chi connectivity index (χ2v) is 5.05. The van der Waals surface area contributed by atoms with Crippen LogP contribution in [0.5, 0.6) is 0 Å². The van der Waals surface area contributed by atoms with Gasteiger partial charge in [-0.15, -0.1) is 0 Å². The van der Waals surface area contributed by atoms with Gasteiger partial charge >= 0.3 is 0 Å². The molecule has 2 aromatic rings. The van der Waals surface area contributed by atoms with Crippen LogP contribution in [0.3, 0.4) is 0 Å². The van der Waals surface area contributed by atoms with Crippen molar-refractivity contribution in [1.82, 2.24) is 5.32 Å². The summed E-state index contributed by atoms with van der Waals surface area (Å²) in [5.74, 6) is 0.0389. The third-order valence-corrected chi connectivity index (χ3v) is 3.51. The number of benzene rings is 2. The minimum absolute atomic E-state index is 0.0215. The molecule has 0 aliphatic rings. The first-order chi connectivity index (χ1) is 10.2. The normalized spacial score (nSPS) is 11.7. The molecule has 1 N–H and O–H groups in total. The van der Waals surface area contributed by atoms with Gasteiger partial charge in [-0.05, 0) is 31.5 Å². The Morgan fingerprint density at radius 2 is 1.62 bits per heavy atom. The van der Waals surface area contributed by atoms with Gasteiger partial charge in [-0.2, -0.15) is 0 Å². The fourth-order valence-electron chi connectivity index (χ4n) is 2.31. The maximum absolute atomic E-state index is 12.2. The van der Waals surface area contributed by atoms with Gasteiger partial charge in [-0.1, -0.05) is 48.5 Å².